The summed E-state index contributed by atoms with van der Waals surface area (Å²) in [5.74, 6) is -1.10. The van der Waals surface area contributed by atoms with Gasteiger partial charge in [-0.25, -0.2) is 14.5 Å². The molecule has 20 heavy (non-hydrogen) atoms. The van der Waals surface area contributed by atoms with Gasteiger partial charge in [-0.2, -0.15) is 0 Å². The van der Waals surface area contributed by atoms with E-state index in [1.165, 1.54) is 7.11 Å². The molecule has 0 spiro atoms. The zero-order chi connectivity index (χ0) is 14.1. The van der Waals surface area contributed by atoms with Crippen LogP contribution in [0, 0.1) is 0 Å². The number of nitrogens with zero attached hydrogens (tertiary/aromatic N) is 5. The number of aromatic carboxylic acids is 1. The Kier molecular flexibility index (Phi) is 3.23. The fourth-order valence-corrected chi connectivity index (χ4v) is 2.19. The molecule has 1 fully saturated rings. The Bertz CT molecular complexity index is 629. The van der Waals surface area contributed by atoms with Gasteiger partial charge in [-0.3, -0.25) is 0 Å². The van der Waals surface area contributed by atoms with Crippen molar-refractivity contribution in [1.29, 1.82) is 0 Å². The lowest BCUT2D eigenvalue weighted by molar-refractivity contribution is 0.0684. The zero-order valence-corrected chi connectivity index (χ0v) is 11.1. The smallest absolute Gasteiger partial charge is 0.358 e. The van der Waals surface area contributed by atoms with Crippen LogP contribution < -0.4 is 0 Å². The minimum Gasteiger partial charge on any atom is -0.476 e. The van der Waals surface area contributed by atoms with Crippen LogP contribution in [0.25, 0.3) is 0 Å². The van der Waals surface area contributed by atoms with E-state index in [1.54, 1.807) is 17.2 Å². The molecule has 0 saturated heterocycles. The van der Waals surface area contributed by atoms with Crippen LogP contribution >= 0.6 is 0 Å². The predicted octanol–water partition coefficient (Wildman–Crippen LogP) is 0.702. The van der Waals surface area contributed by atoms with Crippen LogP contribution in [0.15, 0.2) is 12.5 Å². The highest BCUT2D eigenvalue weighted by molar-refractivity contribution is 5.86. The minimum atomic E-state index is -1.10. The van der Waals surface area contributed by atoms with Gasteiger partial charge in [0, 0.05) is 13.2 Å². The summed E-state index contributed by atoms with van der Waals surface area (Å²) >= 11 is 0. The van der Waals surface area contributed by atoms with Crippen molar-refractivity contribution < 1.29 is 14.6 Å². The van der Waals surface area contributed by atoms with Crippen molar-refractivity contribution in [2.24, 2.45) is 0 Å². The summed E-state index contributed by atoms with van der Waals surface area (Å²) in [5, 5.41) is 16.7. The van der Waals surface area contributed by atoms with E-state index in [0.717, 1.165) is 18.5 Å². The van der Waals surface area contributed by atoms with Crippen LogP contribution in [0.5, 0.6) is 0 Å². The molecule has 0 atom stereocenters. The fraction of sp³-hybridized carbons (Fsp3) is 0.500. The Labute approximate surface area is 115 Å². The number of aromatic nitrogens is 5. The van der Waals surface area contributed by atoms with E-state index in [9.17, 15) is 4.79 Å². The Morgan fingerprint density at radius 3 is 3.00 bits per heavy atom. The van der Waals surface area contributed by atoms with E-state index in [2.05, 4.69) is 19.9 Å². The van der Waals surface area contributed by atoms with Crippen LogP contribution in [-0.2, 0) is 17.9 Å². The first kappa shape index (κ1) is 12.8. The van der Waals surface area contributed by atoms with Crippen molar-refractivity contribution in [1.82, 2.24) is 24.5 Å². The summed E-state index contributed by atoms with van der Waals surface area (Å²) in [7, 11) is 1.51. The molecule has 1 aliphatic rings. The lowest BCUT2D eigenvalue weighted by Gasteiger charge is -2.09. The maximum absolute atomic E-state index is 11.1. The van der Waals surface area contributed by atoms with Gasteiger partial charge in [0.05, 0.1) is 37.1 Å². The molecule has 2 aromatic rings. The van der Waals surface area contributed by atoms with Crippen molar-refractivity contribution in [3.63, 3.8) is 0 Å². The number of hydrogen-bond donors (Lipinski definition) is 1. The highest BCUT2D eigenvalue weighted by Crippen LogP contribution is 2.35. The fourth-order valence-electron chi connectivity index (χ4n) is 2.19. The highest BCUT2D eigenvalue weighted by atomic mass is 16.5. The van der Waals surface area contributed by atoms with Gasteiger partial charge < -0.3 is 14.4 Å². The van der Waals surface area contributed by atoms with Gasteiger partial charge in [-0.15, -0.1) is 5.10 Å². The first-order chi connectivity index (χ1) is 9.70. The molecule has 0 aliphatic heterocycles. The average Bonchev–Trinajstić information content (AvgIpc) is 3.03. The monoisotopic (exact) mass is 277 g/mol. The average molecular weight is 277 g/mol. The molecule has 8 heteroatoms. The maximum Gasteiger partial charge on any atom is 0.358 e. The number of carboxylic acid groups (broad SMARTS) is 1. The van der Waals surface area contributed by atoms with E-state index in [-0.39, 0.29) is 12.3 Å². The summed E-state index contributed by atoms with van der Waals surface area (Å²) in [4.78, 5) is 15.3. The standard InChI is InChI=1S/C12H15N5O3/c1-20-6-10-11(12(18)19)14-15-17(10)5-9-4-13-7-16(9)8-2-3-8/h4,7-8H,2-3,5-6H2,1H3,(H,18,19). The normalized spacial score (nSPS) is 14.7. The van der Waals surface area contributed by atoms with Gasteiger partial charge in [0.1, 0.15) is 0 Å². The quantitative estimate of drug-likeness (QED) is 0.835. The summed E-state index contributed by atoms with van der Waals surface area (Å²) in [6, 6.07) is 0.515. The van der Waals surface area contributed by atoms with Crippen LogP contribution in [0.3, 0.4) is 0 Å². The van der Waals surface area contributed by atoms with Crippen molar-refractivity contribution in [3.8, 4) is 0 Å². The Morgan fingerprint density at radius 1 is 1.55 bits per heavy atom. The topological polar surface area (TPSA) is 95.1 Å². The second-order valence-electron chi connectivity index (χ2n) is 4.80. The third kappa shape index (κ3) is 2.29. The molecule has 0 amide bonds. The first-order valence-electron chi connectivity index (χ1n) is 6.36. The third-order valence-electron chi connectivity index (χ3n) is 3.32. The summed E-state index contributed by atoms with van der Waals surface area (Å²) in [6.07, 6.45) is 5.90. The number of hydrogen-bond acceptors (Lipinski definition) is 5. The lowest BCUT2D eigenvalue weighted by Crippen LogP contribution is -2.12. The lowest BCUT2D eigenvalue weighted by atomic mass is 10.3. The van der Waals surface area contributed by atoms with E-state index in [1.807, 2.05) is 0 Å². The van der Waals surface area contributed by atoms with Gasteiger partial charge in [0.2, 0.25) is 0 Å². The van der Waals surface area contributed by atoms with Gasteiger partial charge in [0.15, 0.2) is 5.69 Å². The number of imidazole rings is 1. The number of carbonyl (C=O) groups is 1. The molecule has 0 radical (unpaired) electrons. The maximum atomic E-state index is 11.1. The molecule has 8 nitrogen and oxygen atoms in total. The number of methoxy groups -OCH3 is 1. The number of carboxylic acids is 1. The van der Waals surface area contributed by atoms with Crippen molar-refractivity contribution in [2.45, 2.75) is 32.0 Å². The van der Waals surface area contributed by atoms with Crippen molar-refractivity contribution in [2.75, 3.05) is 7.11 Å². The molecule has 2 aromatic heterocycles. The van der Waals surface area contributed by atoms with E-state index < -0.39 is 5.97 Å². The Morgan fingerprint density at radius 2 is 2.35 bits per heavy atom. The highest BCUT2D eigenvalue weighted by Gasteiger charge is 2.26. The largest absolute Gasteiger partial charge is 0.476 e. The second kappa shape index (κ2) is 5.04. The molecule has 0 unspecified atom stereocenters. The van der Waals surface area contributed by atoms with Crippen LogP contribution in [0.4, 0.5) is 0 Å². The molecule has 0 aromatic carbocycles. The van der Waals surface area contributed by atoms with Crippen molar-refractivity contribution >= 4 is 5.97 Å². The number of ether oxygens (including phenoxy) is 1. The summed E-state index contributed by atoms with van der Waals surface area (Å²) in [5.41, 5.74) is 1.39. The summed E-state index contributed by atoms with van der Waals surface area (Å²) in [6.45, 7) is 0.599. The molecular weight excluding hydrogens is 262 g/mol. The molecular formula is C12H15N5O3. The van der Waals surface area contributed by atoms with Gasteiger partial charge in [-0.05, 0) is 12.8 Å². The van der Waals surface area contributed by atoms with Crippen LogP contribution in [-0.4, -0.2) is 42.7 Å². The van der Waals surface area contributed by atoms with E-state index >= 15 is 0 Å². The molecule has 1 N–H and O–H groups in total. The third-order valence-corrected chi connectivity index (χ3v) is 3.32. The van der Waals surface area contributed by atoms with Gasteiger partial charge in [-0.1, -0.05) is 5.21 Å². The van der Waals surface area contributed by atoms with Gasteiger partial charge in [0.25, 0.3) is 0 Å². The SMILES string of the molecule is COCc1c(C(=O)O)nnn1Cc1cncn1C1CC1. The van der Waals surface area contributed by atoms with E-state index in [0.29, 0.717) is 18.3 Å². The molecule has 2 heterocycles. The van der Waals surface area contributed by atoms with Gasteiger partial charge >= 0.3 is 5.97 Å². The zero-order valence-electron chi connectivity index (χ0n) is 11.1. The minimum absolute atomic E-state index is 0.0654. The predicted molar refractivity (Wildman–Crippen MR) is 67.3 cm³/mol. The molecule has 3 rings (SSSR count). The Hall–Kier alpha value is -2.22. The van der Waals surface area contributed by atoms with Crippen molar-refractivity contribution in [3.05, 3.63) is 29.6 Å². The first-order valence-corrected chi connectivity index (χ1v) is 6.36. The van der Waals surface area contributed by atoms with E-state index in [4.69, 9.17) is 9.84 Å². The van der Waals surface area contributed by atoms with Crippen LogP contribution in [0.2, 0.25) is 0 Å². The number of rotatable bonds is 6. The Balaban J connectivity index is 1.89. The molecule has 1 aliphatic carbocycles. The molecule has 1 saturated carbocycles. The van der Waals surface area contributed by atoms with Crippen LogP contribution in [0.1, 0.15) is 40.8 Å². The molecule has 106 valence electrons. The summed E-state index contributed by atoms with van der Waals surface area (Å²) < 4.78 is 8.71. The second-order valence-corrected chi connectivity index (χ2v) is 4.80. The molecule has 0 bridgehead atoms.